The van der Waals surface area contributed by atoms with Crippen molar-refractivity contribution in [2.24, 2.45) is 0 Å². The Morgan fingerprint density at radius 2 is 1.85 bits per heavy atom. The average molecular weight is 578 g/mol. The highest BCUT2D eigenvalue weighted by atomic mass is 35.5. The Balaban J connectivity index is 0.00000323. The Hall–Kier alpha value is -3.69. The van der Waals surface area contributed by atoms with Crippen molar-refractivity contribution in [3.8, 4) is 11.3 Å². The summed E-state index contributed by atoms with van der Waals surface area (Å²) in [5.41, 5.74) is 4.93. The van der Waals surface area contributed by atoms with Crippen molar-refractivity contribution in [2.45, 2.75) is 20.0 Å². The molecule has 0 atom stereocenters. The fraction of sp³-hybridized carbons (Fsp3) is 0.233. The van der Waals surface area contributed by atoms with Crippen molar-refractivity contribution in [1.29, 1.82) is 0 Å². The van der Waals surface area contributed by atoms with E-state index in [1.165, 1.54) is 0 Å². The highest BCUT2D eigenvalue weighted by Gasteiger charge is 2.17. The number of fused-ring (bicyclic) bond motifs is 1. The second-order valence-electron chi connectivity index (χ2n) is 9.82. The number of benzene rings is 2. The van der Waals surface area contributed by atoms with Crippen LogP contribution in [0.5, 0.6) is 0 Å². The highest BCUT2D eigenvalue weighted by Crippen LogP contribution is 2.32. The molecule has 2 aromatic carbocycles. The second-order valence-corrected chi connectivity index (χ2v) is 10.3. The molecule has 0 spiro atoms. The molecule has 1 fully saturated rings. The number of furan rings is 1. The molecule has 1 aliphatic rings. The van der Waals surface area contributed by atoms with Gasteiger partial charge in [0.25, 0.3) is 5.91 Å². The van der Waals surface area contributed by atoms with Crippen LogP contribution in [-0.2, 0) is 13.1 Å². The molecule has 1 saturated heterocycles. The number of hydrogen-bond acceptors (Lipinski definition) is 6. The number of aryl methyl sites for hydroxylation is 1. The molecule has 10 heteroatoms. The van der Waals surface area contributed by atoms with Gasteiger partial charge in [0.2, 0.25) is 0 Å². The number of rotatable bonds is 7. The smallest absolute Gasteiger partial charge is 0.277 e. The number of anilines is 1. The van der Waals surface area contributed by atoms with Crippen LogP contribution in [0, 0.1) is 6.92 Å². The Bertz CT molecular complexity index is 1610. The lowest BCUT2D eigenvalue weighted by Gasteiger charge is -2.27. The Morgan fingerprint density at radius 1 is 1.05 bits per heavy atom. The van der Waals surface area contributed by atoms with Crippen LogP contribution in [-0.4, -0.2) is 51.8 Å². The first kappa shape index (κ1) is 27.9. The van der Waals surface area contributed by atoms with Gasteiger partial charge in [-0.15, -0.1) is 12.4 Å². The van der Waals surface area contributed by atoms with E-state index in [0.29, 0.717) is 23.1 Å². The zero-order valence-corrected chi connectivity index (χ0v) is 23.6. The fourth-order valence-corrected chi connectivity index (χ4v) is 5.14. The van der Waals surface area contributed by atoms with Crippen LogP contribution in [0.15, 0.2) is 77.3 Å². The molecule has 4 heterocycles. The molecule has 0 radical (unpaired) electrons. The maximum absolute atomic E-state index is 13.0. The zero-order chi connectivity index (χ0) is 26.8. The largest absolute Gasteiger partial charge is 0.456 e. The topological polar surface area (TPSA) is 88.2 Å². The van der Waals surface area contributed by atoms with Gasteiger partial charge in [-0.05, 0) is 42.8 Å². The van der Waals surface area contributed by atoms with Gasteiger partial charge in [-0.1, -0.05) is 48.0 Å². The molecule has 1 amide bonds. The van der Waals surface area contributed by atoms with Gasteiger partial charge >= 0.3 is 0 Å². The predicted molar refractivity (Wildman–Crippen MR) is 160 cm³/mol. The van der Waals surface area contributed by atoms with Crippen LogP contribution in [0.2, 0.25) is 5.02 Å². The predicted octanol–water partition coefficient (Wildman–Crippen LogP) is 5.78. The molecule has 3 aromatic heterocycles. The Labute approximate surface area is 243 Å². The maximum atomic E-state index is 13.0. The van der Waals surface area contributed by atoms with Crippen molar-refractivity contribution in [3.05, 3.63) is 100 Å². The van der Waals surface area contributed by atoms with Gasteiger partial charge in [0.05, 0.1) is 6.54 Å². The molecule has 40 heavy (non-hydrogen) atoms. The molecule has 5 aromatic rings. The summed E-state index contributed by atoms with van der Waals surface area (Å²) in [6.45, 7) is 7.25. The van der Waals surface area contributed by atoms with E-state index in [-0.39, 0.29) is 18.3 Å². The zero-order valence-electron chi connectivity index (χ0n) is 22.1. The molecule has 0 bridgehead atoms. The highest BCUT2D eigenvalue weighted by molar-refractivity contribution is 6.31. The first-order chi connectivity index (χ1) is 19.0. The van der Waals surface area contributed by atoms with Gasteiger partial charge < -0.3 is 15.1 Å². The van der Waals surface area contributed by atoms with E-state index in [4.69, 9.17) is 16.0 Å². The number of nitrogens with one attached hydrogen (secondary N) is 2. The van der Waals surface area contributed by atoms with Gasteiger partial charge in [-0.25, -0.2) is 4.98 Å². The van der Waals surface area contributed by atoms with Crippen LogP contribution in [0.25, 0.3) is 22.3 Å². The van der Waals surface area contributed by atoms with E-state index in [0.717, 1.165) is 71.8 Å². The molecule has 0 unspecified atom stereocenters. The summed E-state index contributed by atoms with van der Waals surface area (Å²) in [4.78, 5) is 19.8. The number of pyridine rings is 1. The minimum absolute atomic E-state index is 0. The van der Waals surface area contributed by atoms with Gasteiger partial charge in [-0.3, -0.25) is 14.4 Å². The minimum Gasteiger partial charge on any atom is -0.456 e. The van der Waals surface area contributed by atoms with E-state index in [1.54, 1.807) is 10.7 Å². The number of hydrogen-bond donors (Lipinski definition) is 2. The summed E-state index contributed by atoms with van der Waals surface area (Å²) >= 11 is 6.45. The third kappa shape index (κ3) is 6.21. The summed E-state index contributed by atoms with van der Waals surface area (Å²) in [7, 11) is 0. The van der Waals surface area contributed by atoms with Crippen LogP contribution < -0.4 is 10.6 Å². The average Bonchev–Trinajstić information content (AvgIpc) is 3.54. The van der Waals surface area contributed by atoms with E-state index >= 15 is 0 Å². The van der Waals surface area contributed by atoms with Crippen molar-refractivity contribution in [3.63, 3.8) is 0 Å². The number of piperazine rings is 1. The molecule has 1 aliphatic heterocycles. The third-order valence-corrected chi connectivity index (χ3v) is 7.15. The summed E-state index contributed by atoms with van der Waals surface area (Å²) in [6, 6.07) is 21.3. The van der Waals surface area contributed by atoms with Crippen molar-refractivity contribution in [1.82, 2.24) is 25.0 Å². The monoisotopic (exact) mass is 576 g/mol. The molecular formula is C30H30Cl2N6O2. The summed E-state index contributed by atoms with van der Waals surface area (Å²) in [5, 5.41) is 12.3. The Morgan fingerprint density at radius 3 is 2.60 bits per heavy atom. The first-order valence-corrected chi connectivity index (χ1v) is 13.4. The van der Waals surface area contributed by atoms with Crippen LogP contribution in [0.4, 0.5) is 5.82 Å². The molecule has 0 saturated carbocycles. The van der Waals surface area contributed by atoms with Gasteiger partial charge in [0, 0.05) is 66.2 Å². The maximum Gasteiger partial charge on any atom is 0.277 e. The Kier molecular flexibility index (Phi) is 8.52. The molecule has 6 rings (SSSR count). The van der Waals surface area contributed by atoms with E-state index in [9.17, 15) is 4.79 Å². The van der Waals surface area contributed by atoms with Crippen LogP contribution in [0.3, 0.4) is 0 Å². The number of carbonyl (C=O) groups excluding carboxylic acids is 1. The van der Waals surface area contributed by atoms with Crippen molar-refractivity contribution >= 4 is 46.7 Å². The fourth-order valence-electron chi connectivity index (χ4n) is 4.89. The number of aromatic nitrogens is 3. The summed E-state index contributed by atoms with van der Waals surface area (Å²) < 4.78 is 8.04. The lowest BCUT2D eigenvalue weighted by atomic mass is 10.1. The lowest BCUT2D eigenvalue weighted by Crippen LogP contribution is -2.42. The number of nitrogens with zero attached hydrogens (tertiary/aromatic N) is 4. The standard InChI is InChI=1S/C30H29ClN6O2.ClH/c1-20-13-26(30(38)34-28-8-7-21(17-33-28)18-36-11-9-32-10-12-36)35-37(20)19-24-15-25(31)14-23-16-27(39-29(23)24)22-5-3-2-4-6-22;/h2-8,13-17,32H,9-12,18-19H2,1H3,(H,33,34,38);1H. The minimum atomic E-state index is -0.306. The van der Waals surface area contributed by atoms with E-state index < -0.39 is 0 Å². The summed E-state index contributed by atoms with van der Waals surface area (Å²) in [5.74, 6) is 0.967. The second kappa shape index (κ2) is 12.2. The van der Waals surface area contributed by atoms with Crippen LogP contribution in [0.1, 0.15) is 27.3 Å². The van der Waals surface area contributed by atoms with Crippen LogP contribution >= 0.6 is 24.0 Å². The number of amides is 1. The number of halogens is 2. The van der Waals surface area contributed by atoms with Gasteiger partial charge in [0.15, 0.2) is 5.69 Å². The summed E-state index contributed by atoms with van der Waals surface area (Å²) in [6.07, 6.45) is 1.82. The molecule has 206 valence electrons. The van der Waals surface area contributed by atoms with Crippen molar-refractivity contribution < 1.29 is 9.21 Å². The number of carbonyl (C=O) groups is 1. The van der Waals surface area contributed by atoms with Gasteiger partial charge in [-0.2, -0.15) is 5.10 Å². The molecule has 2 N–H and O–H groups in total. The molecule has 0 aliphatic carbocycles. The molecule has 8 nitrogen and oxygen atoms in total. The first-order valence-electron chi connectivity index (χ1n) is 13.0. The van der Waals surface area contributed by atoms with Gasteiger partial charge in [0.1, 0.15) is 17.2 Å². The quantitative estimate of drug-likeness (QED) is 0.255. The molecular weight excluding hydrogens is 547 g/mol. The third-order valence-electron chi connectivity index (χ3n) is 6.93. The van der Waals surface area contributed by atoms with E-state index in [2.05, 4.69) is 25.6 Å². The normalized spacial score (nSPS) is 13.8. The van der Waals surface area contributed by atoms with Crippen molar-refractivity contribution in [2.75, 3.05) is 31.5 Å². The lowest BCUT2D eigenvalue weighted by molar-refractivity contribution is 0.102. The van der Waals surface area contributed by atoms with E-state index in [1.807, 2.05) is 73.8 Å². The SMILES string of the molecule is Cc1cc(C(=O)Nc2ccc(CN3CCNCC3)cn2)nn1Cc1cc(Cl)cc2cc(-c3ccccc3)oc12.Cl.